The van der Waals surface area contributed by atoms with E-state index in [0.717, 1.165) is 23.4 Å². The van der Waals surface area contributed by atoms with E-state index in [1.165, 1.54) is 12.1 Å². The fraction of sp³-hybridized carbons (Fsp3) is 0.364. The number of nitrogens with zero attached hydrogens (tertiary/aromatic N) is 4. The lowest BCUT2D eigenvalue weighted by Gasteiger charge is -2.14. The second-order valence-electron chi connectivity index (χ2n) is 7.54. The summed E-state index contributed by atoms with van der Waals surface area (Å²) in [5, 5.41) is 7.20. The molecular weight excluding hydrogens is 385 g/mol. The number of amides is 1. The topological polar surface area (TPSA) is 81.9 Å². The molecule has 3 heterocycles. The van der Waals surface area contributed by atoms with Gasteiger partial charge in [-0.25, -0.2) is 9.37 Å². The molecule has 0 radical (unpaired) electrons. The van der Waals surface area contributed by atoms with Crippen LogP contribution in [0.25, 0.3) is 11.3 Å². The summed E-state index contributed by atoms with van der Waals surface area (Å²) in [7, 11) is 1.75. The monoisotopic (exact) mass is 409 g/mol. The maximum absolute atomic E-state index is 14.3. The molecule has 0 bridgehead atoms. The first-order valence-electron chi connectivity index (χ1n) is 9.96. The third-order valence-electron chi connectivity index (χ3n) is 5.21. The summed E-state index contributed by atoms with van der Waals surface area (Å²) in [4.78, 5) is 21.4. The van der Waals surface area contributed by atoms with E-state index in [1.54, 1.807) is 24.0 Å². The zero-order valence-electron chi connectivity index (χ0n) is 17.5. The highest BCUT2D eigenvalue weighted by Gasteiger charge is 2.29. The average Bonchev–Trinajstić information content (AvgIpc) is 3.30. The first-order chi connectivity index (χ1) is 14.4. The predicted molar refractivity (Wildman–Crippen MR) is 110 cm³/mol. The smallest absolute Gasteiger partial charge is 0.269 e. The van der Waals surface area contributed by atoms with Crippen LogP contribution in [-0.2, 0) is 19.9 Å². The molecule has 156 valence electrons. The van der Waals surface area contributed by atoms with E-state index in [0.29, 0.717) is 41.4 Å². The molecule has 1 aliphatic rings. The zero-order chi connectivity index (χ0) is 21.4. The van der Waals surface area contributed by atoms with Gasteiger partial charge in [-0.1, -0.05) is 6.92 Å². The molecule has 0 aliphatic carbocycles. The van der Waals surface area contributed by atoms with Crippen LogP contribution in [0.3, 0.4) is 0 Å². The van der Waals surface area contributed by atoms with Crippen molar-refractivity contribution in [2.75, 3.05) is 6.54 Å². The first-order valence-corrected chi connectivity index (χ1v) is 9.96. The summed E-state index contributed by atoms with van der Waals surface area (Å²) >= 11 is 0. The standard InChI is InChI=1S/C22H24FN5O2/c1-5-16-9-19(28(4)27-16)22(29)25-11-17-7-14-6-15(23)8-18(21(14)30-17)20-13(3)24-10-12(2)26-20/h6,8-10,17H,5,7,11H2,1-4H3,(H,25,29)/t17-/m1/s1. The predicted octanol–water partition coefficient (Wildman–Crippen LogP) is 2.93. The molecule has 1 aromatic carbocycles. The van der Waals surface area contributed by atoms with Gasteiger partial charge in [0.15, 0.2) is 0 Å². The highest BCUT2D eigenvalue weighted by Crippen LogP contribution is 2.39. The number of ether oxygens (including phenoxy) is 1. The Hall–Kier alpha value is -3.29. The van der Waals surface area contributed by atoms with Gasteiger partial charge in [0.2, 0.25) is 0 Å². The number of nitrogens with one attached hydrogen (secondary N) is 1. The second-order valence-corrected chi connectivity index (χ2v) is 7.54. The van der Waals surface area contributed by atoms with Crippen molar-refractivity contribution in [3.8, 4) is 17.0 Å². The number of halogens is 1. The van der Waals surface area contributed by atoms with Crippen molar-refractivity contribution in [1.29, 1.82) is 0 Å². The largest absolute Gasteiger partial charge is 0.487 e. The molecule has 1 aliphatic heterocycles. The molecular formula is C22H24FN5O2. The summed E-state index contributed by atoms with van der Waals surface area (Å²) in [6.07, 6.45) is 2.66. The lowest BCUT2D eigenvalue weighted by atomic mass is 10.0. The minimum atomic E-state index is -0.346. The van der Waals surface area contributed by atoms with E-state index in [1.807, 2.05) is 20.8 Å². The second kappa shape index (κ2) is 7.85. The van der Waals surface area contributed by atoms with E-state index in [2.05, 4.69) is 20.4 Å². The molecule has 3 aromatic rings. The van der Waals surface area contributed by atoms with Crippen molar-refractivity contribution in [2.24, 2.45) is 7.05 Å². The Kier molecular flexibility index (Phi) is 5.24. The van der Waals surface area contributed by atoms with Crippen LogP contribution in [0, 0.1) is 19.7 Å². The number of carbonyl (C=O) groups excluding carboxylic acids is 1. The van der Waals surface area contributed by atoms with Gasteiger partial charge in [0.1, 0.15) is 23.4 Å². The fourth-order valence-electron chi connectivity index (χ4n) is 3.69. The first kappa shape index (κ1) is 20.0. The molecule has 2 aromatic heterocycles. The van der Waals surface area contributed by atoms with Crippen LogP contribution in [0.2, 0.25) is 0 Å². The van der Waals surface area contributed by atoms with Gasteiger partial charge in [-0.15, -0.1) is 0 Å². The van der Waals surface area contributed by atoms with Crippen LogP contribution in [0.4, 0.5) is 4.39 Å². The Morgan fingerprint density at radius 1 is 1.33 bits per heavy atom. The van der Waals surface area contributed by atoms with Crippen LogP contribution in [0.5, 0.6) is 5.75 Å². The van der Waals surface area contributed by atoms with Crippen molar-refractivity contribution in [1.82, 2.24) is 25.1 Å². The lowest BCUT2D eigenvalue weighted by Crippen LogP contribution is -2.35. The van der Waals surface area contributed by atoms with Gasteiger partial charge in [0.05, 0.1) is 29.3 Å². The minimum Gasteiger partial charge on any atom is -0.487 e. The third kappa shape index (κ3) is 3.77. The van der Waals surface area contributed by atoms with Gasteiger partial charge in [-0.05, 0) is 38.5 Å². The van der Waals surface area contributed by atoms with E-state index < -0.39 is 0 Å². The number of carbonyl (C=O) groups is 1. The van der Waals surface area contributed by atoms with E-state index in [-0.39, 0.29) is 17.8 Å². The van der Waals surface area contributed by atoms with Crippen LogP contribution >= 0.6 is 0 Å². The molecule has 1 atom stereocenters. The Morgan fingerprint density at radius 2 is 2.13 bits per heavy atom. The van der Waals surface area contributed by atoms with Gasteiger partial charge in [-0.3, -0.25) is 14.5 Å². The number of hydrogen-bond donors (Lipinski definition) is 1. The van der Waals surface area contributed by atoms with Crippen molar-refractivity contribution >= 4 is 5.91 Å². The Bertz CT molecular complexity index is 1120. The zero-order valence-corrected chi connectivity index (χ0v) is 17.5. The summed E-state index contributed by atoms with van der Waals surface area (Å²) in [5.74, 6) is 0.0465. The third-order valence-corrected chi connectivity index (χ3v) is 5.21. The SMILES string of the molecule is CCc1cc(C(=O)NC[C@H]2Cc3cc(F)cc(-c4nc(C)cnc4C)c3O2)n(C)n1. The van der Waals surface area contributed by atoms with E-state index in [4.69, 9.17) is 4.74 Å². The molecule has 0 spiro atoms. The quantitative estimate of drug-likeness (QED) is 0.701. The molecule has 4 rings (SSSR count). The molecule has 30 heavy (non-hydrogen) atoms. The van der Waals surface area contributed by atoms with Gasteiger partial charge in [-0.2, -0.15) is 5.10 Å². The van der Waals surface area contributed by atoms with E-state index in [9.17, 15) is 9.18 Å². The van der Waals surface area contributed by atoms with E-state index >= 15 is 0 Å². The van der Waals surface area contributed by atoms with Crippen molar-refractivity contribution < 1.29 is 13.9 Å². The van der Waals surface area contributed by atoms with Crippen LogP contribution in [0.15, 0.2) is 24.4 Å². The normalized spacial score (nSPS) is 15.0. The average molecular weight is 409 g/mol. The number of hydrogen-bond acceptors (Lipinski definition) is 5. The highest BCUT2D eigenvalue weighted by atomic mass is 19.1. The number of rotatable bonds is 5. The van der Waals surface area contributed by atoms with Gasteiger partial charge in [0, 0.05) is 30.8 Å². The number of aryl methyl sites for hydroxylation is 4. The number of aromatic nitrogens is 4. The minimum absolute atomic E-state index is 0.212. The number of fused-ring (bicyclic) bond motifs is 1. The van der Waals surface area contributed by atoms with Crippen LogP contribution < -0.4 is 10.1 Å². The lowest BCUT2D eigenvalue weighted by molar-refractivity contribution is 0.0924. The van der Waals surface area contributed by atoms with Gasteiger partial charge < -0.3 is 10.1 Å². The summed E-state index contributed by atoms with van der Waals surface area (Å²) < 4.78 is 22.0. The summed E-state index contributed by atoms with van der Waals surface area (Å²) in [5.41, 5.74) is 4.78. The van der Waals surface area contributed by atoms with Gasteiger partial charge in [0.25, 0.3) is 5.91 Å². The summed E-state index contributed by atoms with van der Waals surface area (Å²) in [6, 6.07) is 4.69. The maximum atomic E-state index is 14.3. The van der Waals surface area contributed by atoms with Gasteiger partial charge >= 0.3 is 0 Å². The molecule has 8 heteroatoms. The Morgan fingerprint density at radius 3 is 2.87 bits per heavy atom. The molecule has 7 nitrogen and oxygen atoms in total. The summed E-state index contributed by atoms with van der Waals surface area (Å²) in [6.45, 7) is 5.98. The Balaban J connectivity index is 1.53. The van der Waals surface area contributed by atoms with Crippen LogP contribution in [0.1, 0.15) is 40.1 Å². The molecule has 0 saturated heterocycles. The van der Waals surface area contributed by atoms with Crippen LogP contribution in [-0.4, -0.2) is 38.3 Å². The fourth-order valence-corrected chi connectivity index (χ4v) is 3.69. The molecule has 0 fully saturated rings. The Labute approximate surface area is 174 Å². The van der Waals surface area contributed by atoms with Crippen molar-refractivity contribution in [3.63, 3.8) is 0 Å². The number of benzene rings is 1. The molecule has 1 N–H and O–H groups in total. The molecule has 0 unspecified atom stereocenters. The van der Waals surface area contributed by atoms with Crippen molar-refractivity contribution in [3.05, 3.63) is 58.6 Å². The molecule has 1 amide bonds. The highest BCUT2D eigenvalue weighted by molar-refractivity contribution is 5.92. The maximum Gasteiger partial charge on any atom is 0.269 e. The van der Waals surface area contributed by atoms with Crippen molar-refractivity contribution in [2.45, 2.75) is 39.7 Å². The molecule has 0 saturated carbocycles.